The van der Waals surface area contributed by atoms with E-state index in [2.05, 4.69) is 24.3 Å². The fourth-order valence-corrected chi connectivity index (χ4v) is 2.57. The predicted molar refractivity (Wildman–Crippen MR) is 84.5 cm³/mol. The molecule has 0 spiro atoms. The molecule has 4 rings (SSSR count). The van der Waals surface area contributed by atoms with Crippen LogP contribution in [-0.2, 0) is 6.61 Å². The molecule has 0 unspecified atom stereocenters. The first-order valence-electron chi connectivity index (χ1n) is 6.99. The van der Waals surface area contributed by atoms with E-state index >= 15 is 0 Å². The molecule has 102 valence electrons. The molecule has 2 heteroatoms. The van der Waals surface area contributed by atoms with Gasteiger partial charge in [-0.15, -0.1) is 0 Å². The predicted octanol–water partition coefficient (Wildman–Crippen LogP) is 5.17. The Morgan fingerprint density at radius 1 is 0.714 bits per heavy atom. The third-order valence-electron chi connectivity index (χ3n) is 3.61. The summed E-state index contributed by atoms with van der Waals surface area (Å²) in [6, 6.07) is 24.2. The minimum Gasteiger partial charge on any atom is -0.485 e. The molecule has 4 aromatic rings. The Morgan fingerprint density at radius 3 is 2.38 bits per heavy atom. The van der Waals surface area contributed by atoms with E-state index in [1.54, 1.807) is 0 Å². The van der Waals surface area contributed by atoms with Gasteiger partial charge in [0.15, 0.2) is 11.3 Å². The molecule has 0 radical (unpaired) electrons. The Labute approximate surface area is 122 Å². The highest BCUT2D eigenvalue weighted by Gasteiger charge is 2.10. The van der Waals surface area contributed by atoms with Crippen molar-refractivity contribution in [3.63, 3.8) is 0 Å². The van der Waals surface area contributed by atoms with Gasteiger partial charge in [0.2, 0.25) is 0 Å². The smallest absolute Gasteiger partial charge is 0.177 e. The van der Waals surface area contributed by atoms with Crippen LogP contribution in [0.3, 0.4) is 0 Å². The van der Waals surface area contributed by atoms with Gasteiger partial charge in [0.25, 0.3) is 0 Å². The number of hydrogen-bond donors (Lipinski definition) is 0. The van der Waals surface area contributed by atoms with Gasteiger partial charge >= 0.3 is 0 Å². The van der Waals surface area contributed by atoms with Crippen molar-refractivity contribution in [3.05, 3.63) is 78.4 Å². The minimum absolute atomic E-state index is 0.539. The first-order chi connectivity index (χ1) is 10.4. The second-order valence-corrected chi connectivity index (χ2v) is 5.01. The number of rotatable bonds is 3. The Bertz CT molecular complexity index is 891. The van der Waals surface area contributed by atoms with Gasteiger partial charge in [0, 0.05) is 10.8 Å². The molecule has 0 bridgehead atoms. The normalized spacial score (nSPS) is 11.0. The lowest BCUT2D eigenvalue weighted by Crippen LogP contribution is -1.94. The van der Waals surface area contributed by atoms with Gasteiger partial charge in [0.05, 0.1) is 0 Å². The largest absolute Gasteiger partial charge is 0.485 e. The first-order valence-corrected chi connectivity index (χ1v) is 6.99. The number of ether oxygens (including phenoxy) is 1. The fourth-order valence-electron chi connectivity index (χ4n) is 2.57. The van der Waals surface area contributed by atoms with Crippen LogP contribution in [0.15, 0.2) is 77.2 Å². The Hall–Kier alpha value is -2.74. The number of fused-ring (bicyclic) bond motifs is 3. The Kier molecular flexibility index (Phi) is 2.86. The fraction of sp³-hybridized carbons (Fsp3) is 0.0526. The molecule has 0 aliphatic rings. The van der Waals surface area contributed by atoms with E-state index in [0.29, 0.717) is 6.61 Å². The molecule has 0 saturated heterocycles. The van der Waals surface area contributed by atoms with Crippen LogP contribution in [0.25, 0.3) is 21.9 Å². The van der Waals surface area contributed by atoms with Crippen LogP contribution in [-0.4, -0.2) is 0 Å². The zero-order valence-electron chi connectivity index (χ0n) is 11.5. The second-order valence-electron chi connectivity index (χ2n) is 5.01. The number of hydrogen-bond acceptors (Lipinski definition) is 2. The molecule has 1 heterocycles. The van der Waals surface area contributed by atoms with Crippen molar-refractivity contribution in [3.8, 4) is 5.75 Å². The lowest BCUT2D eigenvalue weighted by molar-refractivity contribution is 0.306. The van der Waals surface area contributed by atoms with Crippen molar-refractivity contribution >= 4 is 21.9 Å². The van der Waals surface area contributed by atoms with Crippen molar-refractivity contribution in [1.82, 2.24) is 0 Å². The van der Waals surface area contributed by atoms with Crippen molar-refractivity contribution in [1.29, 1.82) is 0 Å². The molecule has 2 nitrogen and oxygen atoms in total. The van der Waals surface area contributed by atoms with Crippen LogP contribution >= 0.6 is 0 Å². The van der Waals surface area contributed by atoms with Crippen LogP contribution in [0.4, 0.5) is 0 Å². The highest BCUT2D eigenvalue weighted by atomic mass is 16.5. The number of benzene rings is 3. The SMILES string of the molecule is c1ccc(COc2cccc3c2oc2ccccc23)cc1. The average molecular weight is 274 g/mol. The zero-order chi connectivity index (χ0) is 14.1. The quantitative estimate of drug-likeness (QED) is 0.514. The van der Waals surface area contributed by atoms with Gasteiger partial charge in [0.1, 0.15) is 12.2 Å². The molecule has 0 saturated carbocycles. The number of para-hydroxylation sites is 2. The summed E-state index contributed by atoms with van der Waals surface area (Å²) in [5, 5.41) is 2.22. The second kappa shape index (κ2) is 4.98. The molecule has 1 aromatic heterocycles. The summed E-state index contributed by atoms with van der Waals surface area (Å²) in [5.74, 6) is 0.785. The Balaban J connectivity index is 1.75. The average Bonchev–Trinajstić information content (AvgIpc) is 2.93. The van der Waals surface area contributed by atoms with Crippen LogP contribution in [0.1, 0.15) is 5.56 Å². The molecule has 0 atom stereocenters. The van der Waals surface area contributed by atoms with Gasteiger partial charge in [-0.2, -0.15) is 0 Å². The highest BCUT2D eigenvalue weighted by Crippen LogP contribution is 2.34. The maximum Gasteiger partial charge on any atom is 0.177 e. The molecule has 0 aliphatic carbocycles. The molecule has 0 fully saturated rings. The molecular weight excluding hydrogens is 260 g/mol. The highest BCUT2D eigenvalue weighted by molar-refractivity contribution is 6.06. The van der Waals surface area contributed by atoms with Crippen molar-refractivity contribution in [2.75, 3.05) is 0 Å². The number of furan rings is 1. The van der Waals surface area contributed by atoms with E-state index in [-0.39, 0.29) is 0 Å². The Morgan fingerprint density at radius 2 is 1.48 bits per heavy atom. The summed E-state index contributed by atoms with van der Waals surface area (Å²) in [7, 11) is 0. The lowest BCUT2D eigenvalue weighted by Gasteiger charge is -2.06. The minimum atomic E-state index is 0.539. The summed E-state index contributed by atoms with van der Waals surface area (Å²) in [6.07, 6.45) is 0. The lowest BCUT2D eigenvalue weighted by atomic mass is 10.1. The standard InChI is InChI=1S/C19H14O2/c1-2-7-14(8-3-1)13-20-18-12-6-10-16-15-9-4-5-11-17(15)21-19(16)18/h1-12H,13H2. The summed E-state index contributed by atoms with van der Waals surface area (Å²) < 4.78 is 11.9. The molecular formula is C19H14O2. The van der Waals surface area contributed by atoms with E-state index in [1.165, 1.54) is 0 Å². The maximum atomic E-state index is 5.95. The van der Waals surface area contributed by atoms with Gasteiger partial charge in [-0.3, -0.25) is 0 Å². The molecule has 3 aromatic carbocycles. The van der Waals surface area contributed by atoms with E-state index < -0.39 is 0 Å². The molecule has 0 N–H and O–H groups in total. The maximum absolute atomic E-state index is 5.95. The van der Waals surface area contributed by atoms with Crippen LogP contribution in [0, 0.1) is 0 Å². The van der Waals surface area contributed by atoms with Gasteiger partial charge < -0.3 is 9.15 Å². The van der Waals surface area contributed by atoms with Crippen molar-refractivity contribution in [2.45, 2.75) is 6.61 Å². The van der Waals surface area contributed by atoms with E-state index in [1.807, 2.05) is 48.5 Å². The van der Waals surface area contributed by atoms with Gasteiger partial charge in [-0.25, -0.2) is 0 Å². The molecule has 0 amide bonds. The summed E-state index contributed by atoms with van der Waals surface area (Å²) in [4.78, 5) is 0. The topological polar surface area (TPSA) is 22.4 Å². The van der Waals surface area contributed by atoms with Crippen LogP contribution < -0.4 is 4.74 Å². The third kappa shape index (κ3) is 2.15. The van der Waals surface area contributed by atoms with Crippen LogP contribution in [0.2, 0.25) is 0 Å². The van der Waals surface area contributed by atoms with Crippen molar-refractivity contribution < 1.29 is 9.15 Å². The van der Waals surface area contributed by atoms with Crippen molar-refractivity contribution in [2.24, 2.45) is 0 Å². The first kappa shape index (κ1) is 12.0. The van der Waals surface area contributed by atoms with E-state index in [4.69, 9.17) is 9.15 Å². The summed E-state index contributed by atoms with van der Waals surface area (Å²) in [6.45, 7) is 0.539. The molecule has 0 aliphatic heterocycles. The third-order valence-corrected chi connectivity index (χ3v) is 3.61. The summed E-state index contributed by atoms with van der Waals surface area (Å²) in [5.41, 5.74) is 2.85. The zero-order valence-corrected chi connectivity index (χ0v) is 11.5. The van der Waals surface area contributed by atoms with E-state index in [0.717, 1.165) is 33.3 Å². The van der Waals surface area contributed by atoms with Gasteiger partial charge in [-0.1, -0.05) is 60.7 Å². The van der Waals surface area contributed by atoms with E-state index in [9.17, 15) is 0 Å². The van der Waals surface area contributed by atoms with Crippen LogP contribution in [0.5, 0.6) is 5.75 Å². The monoisotopic (exact) mass is 274 g/mol. The molecule has 21 heavy (non-hydrogen) atoms. The van der Waals surface area contributed by atoms with Gasteiger partial charge in [-0.05, 0) is 17.7 Å². The summed E-state index contributed by atoms with van der Waals surface area (Å²) >= 11 is 0.